The Hall–Kier alpha value is -1.23. The van der Waals surface area contributed by atoms with Gasteiger partial charge >= 0.3 is 0 Å². The van der Waals surface area contributed by atoms with E-state index in [1.165, 1.54) is 0 Å². The Morgan fingerprint density at radius 1 is 1.41 bits per heavy atom. The van der Waals surface area contributed by atoms with Gasteiger partial charge in [-0.3, -0.25) is 0 Å². The lowest BCUT2D eigenvalue weighted by molar-refractivity contribution is 0.116. The van der Waals surface area contributed by atoms with Crippen LogP contribution in [0.1, 0.15) is 20.8 Å². The SMILES string of the molecule is CCS(=O)(=O)c1ccc2c(c1)NCC(C)(C)O2. The maximum atomic E-state index is 11.7. The lowest BCUT2D eigenvalue weighted by atomic mass is 10.1. The topological polar surface area (TPSA) is 55.4 Å². The highest BCUT2D eigenvalue weighted by Gasteiger charge is 2.27. The molecule has 0 saturated carbocycles. The van der Waals surface area contributed by atoms with Crippen LogP contribution in [0.15, 0.2) is 23.1 Å². The first kappa shape index (κ1) is 12.2. The van der Waals surface area contributed by atoms with Gasteiger partial charge in [-0.2, -0.15) is 0 Å². The number of nitrogens with one attached hydrogen (secondary N) is 1. The van der Waals surface area contributed by atoms with E-state index in [2.05, 4.69) is 5.32 Å². The van der Waals surface area contributed by atoms with Crippen molar-refractivity contribution in [3.05, 3.63) is 18.2 Å². The van der Waals surface area contributed by atoms with Gasteiger partial charge in [-0.15, -0.1) is 0 Å². The Balaban J connectivity index is 2.41. The summed E-state index contributed by atoms with van der Waals surface area (Å²) in [6.07, 6.45) is 0. The Labute approximate surface area is 102 Å². The number of ether oxygens (including phenoxy) is 1. The number of sulfone groups is 1. The molecule has 1 aromatic carbocycles. The van der Waals surface area contributed by atoms with Crippen molar-refractivity contribution >= 4 is 15.5 Å². The molecule has 0 unspecified atom stereocenters. The zero-order valence-electron chi connectivity index (χ0n) is 10.3. The van der Waals surface area contributed by atoms with Crippen molar-refractivity contribution < 1.29 is 13.2 Å². The van der Waals surface area contributed by atoms with E-state index in [0.717, 1.165) is 5.69 Å². The van der Waals surface area contributed by atoms with Gasteiger partial charge in [0.25, 0.3) is 0 Å². The quantitative estimate of drug-likeness (QED) is 0.879. The monoisotopic (exact) mass is 255 g/mol. The predicted octanol–water partition coefficient (Wildman–Crippen LogP) is 2.06. The van der Waals surface area contributed by atoms with Crippen molar-refractivity contribution in [2.75, 3.05) is 17.6 Å². The van der Waals surface area contributed by atoms with Crippen LogP contribution in [0.3, 0.4) is 0 Å². The van der Waals surface area contributed by atoms with Crippen LogP contribution >= 0.6 is 0 Å². The molecule has 0 amide bonds. The minimum Gasteiger partial charge on any atom is -0.484 e. The van der Waals surface area contributed by atoms with Crippen LogP contribution in [-0.2, 0) is 9.84 Å². The zero-order chi connectivity index (χ0) is 12.7. The number of fused-ring (bicyclic) bond motifs is 1. The summed E-state index contributed by atoms with van der Waals surface area (Å²) in [5.41, 5.74) is 0.483. The first-order valence-electron chi connectivity index (χ1n) is 5.64. The zero-order valence-corrected chi connectivity index (χ0v) is 11.1. The number of hydrogen-bond acceptors (Lipinski definition) is 4. The van der Waals surface area contributed by atoms with E-state index in [0.29, 0.717) is 17.2 Å². The van der Waals surface area contributed by atoms with Crippen LogP contribution in [-0.4, -0.2) is 26.3 Å². The number of anilines is 1. The van der Waals surface area contributed by atoms with E-state index >= 15 is 0 Å². The summed E-state index contributed by atoms with van der Waals surface area (Å²) < 4.78 is 29.3. The lowest BCUT2D eigenvalue weighted by Gasteiger charge is -2.33. The third-order valence-electron chi connectivity index (χ3n) is 2.78. The fourth-order valence-electron chi connectivity index (χ4n) is 1.74. The van der Waals surface area contributed by atoms with E-state index in [1.807, 2.05) is 13.8 Å². The second-order valence-corrected chi connectivity index (χ2v) is 7.05. The van der Waals surface area contributed by atoms with Crippen molar-refractivity contribution in [3.63, 3.8) is 0 Å². The standard InChI is InChI=1S/C12H17NO3S/c1-4-17(14,15)9-5-6-11-10(7-9)13-8-12(2,3)16-11/h5-7,13H,4,8H2,1-3H3. The van der Waals surface area contributed by atoms with Gasteiger partial charge in [-0.25, -0.2) is 8.42 Å². The molecule has 2 rings (SSSR count). The molecule has 4 nitrogen and oxygen atoms in total. The fraction of sp³-hybridized carbons (Fsp3) is 0.500. The van der Waals surface area contributed by atoms with Gasteiger partial charge in [-0.05, 0) is 32.0 Å². The van der Waals surface area contributed by atoms with Gasteiger partial charge in [0.05, 0.1) is 22.9 Å². The molecule has 0 aliphatic carbocycles. The molecule has 0 bridgehead atoms. The Bertz CT molecular complexity index is 535. The minimum absolute atomic E-state index is 0.109. The van der Waals surface area contributed by atoms with Crippen molar-refractivity contribution in [1.82, 2.24) is 0 Å². The molecule has 1 aliphatic heterocycles. The van der Waals surface area contributed by atoms with E-state index in [4.69, 9.17) is 4.74 Å². The van der Waals surface area contributed by atoms with Gasteiger partial charge in [-0.1, -0.05) is 6.92 Å². The van der Waals surface area contributed by atoms with Crippen molar-refractivity contribution in [1.29, 1.82) is 0 Å². The highest BCUT2D eigenvalue weighted by molar-refractivity contribution is 7.91. The number of rotatable bonds is 2. The van der Waals surface area contributed by atoms with Gasteiger partial charge in [0.2, 0.25) is 0 Å². The van der Waals surface area contributed by atoms with Crippen molar-refractivity contribution in [2.24, 2.45) is 0 Å². The van der Waals surface area contributed by atoms with Gasteiger partial charge in [0.15, 0.2) is 9.84 Å². The third kappa shape index (κ3) is 2.39. The highest BCUT2D eigenvalue weighted by Crippen LogP contribution is 2.34. The second-order valence-electron chi connectivity index (χ2n) is 4.78. The van der Waals surface area contributed by atoms with E-state index in [9.17, 15) is 8.42 Å². The van der Waals surface area contributed by atoms with Crippen LogP contribution in [0.2, 0.25) is 0 Å². The van der Waals surface area contributed by atoms with Crippen LogP contribution < -0.4 is 10.1 Å². The van der Waals surface area contributed by atoms with E-state index in [1.54, 1.807) is 25.1 Å². The summed E-state index contributed by atoms with van der Waals surface area (Å²) in [5, 5.41) is 3.20. The first-order valence-corrected chi connectivity index (χ1v) is 7.29. The van der Waals surface area contributed by atoms with E-state index in [-0.39, 0.29) is 11.4 Å². The minimum atomic E-state index is -3.16. The molecule has 94 valence electrons. The molecule has 0 aromatic heterocycles. The molecule has 0 fully saturated rings. The van der Waals surface area contributed by atoms with Crippen LogP contribution in [0, 0.1) is 0 Å². The molecule has 1 N–H and O–H groups in total. The maximum Gasteiger partial charge on any atom is 0.178 e. The first-order chi connectivity index (χ1) is 7.84. The molecule has 1 aromatic rings. The molecule has 0 atom stereocenters. The summed E-state index contributed by atoms with van der Waals surface area (Å²) in [6, 6.07) is 4.95. The van der Waals surface area contributed by atoms with Gasteiger partial charge in [0.1, 0.15) is 11.4 Å². The summed E-state index contributed by atoms with van der Waals surface area (Å²) in [4.78, 5) is 0.342. The highest BCUT2D eigenvalue weighted by atomic mass is 32.2. The average Bonchev–Trinajstić information content (AvgIpc) is 2.27. The molecule has 1 heterocycles. The largest absolute Gasteiger partial charge is 0.484 e. The Morgan fingerprint density at radius 3 is 2.76 bits per heavy atom. The smallest absolute Gasteiger partial charge is 0.178 e. The predicted molar refractivity (Wildman–Crippen MR) is 67.4 cm³/mol. The van der Waals surface area contributed by atoms with Crippen LogP contribution in [0.5, 0.6) is 5.75 Å². The Morgan fingerprint density at radius 2 is 2.12 bits per heavy atom. The molecule has 1 aliphatic rings. The summed E-state index contributed by atoms with van der Waals surface area (Å²) >= 11 is 0. The fourth-order valence-corrected chi connectivity index (χ4v) is 2.64. The summed E-state index contributed by atoms with van der Waals surface area (Å²) in [7, 11) is -3.16. The number of benzene rings is 1. The molecule has 17 heavy (non-hydrogen) atoms. The maximum absolute atomic E-state index is 11.7. The molecular formula is C12H17NO3S. The van der Waals surface area contributed by atoms with Gasteiger partial charge < -0.3 is 10.1 Å². The molecule has 0 spiro atoms. The van der Waals surface area contributed by atoms with E-state index < -0.39 is 9.84 Å². The van der Waals surface area contributed by atoms with Crippen LogP contribution in [0.25, 0.3) is 0 Å². The normalized spacial score (nSPS) is 17.8. The average molecular weight is 255 g/mol. The molecule has 0 radical (unpaired) electrons. The molecule has 0 saturated heterocycles. The summed E-state index contributed by atoms with van der Waals surface area (Å²) in [6.45, 7) is 6.27. The Kier molecular flexibility index (Phi) is 2.81. The molecule has 5 heteroatoms. The van der Waals surface area contributed by atoms with Crippen molar-refractivity contribution in [2.45, 2.75) is 31.3 Å². The van der Waals surface area contributed by atoms with Crippen molar-refractivity contribution in [3.8, 4) is 5.75 Å². The second kappa shape index (κ2) is 3.91. The molecular weight excluding hydrogens is 238 g/mol. The third-order valence-corrected chi connectivity index (χ3v) is 4.51. The lowest BCUT2D eigenvalue weighted by Crippen LogP contribution is -2.40. The number of hydrogen-bond donors (Lipinski definition) is 1. The summed E-state index contributed by atoms with van der Waals surface area (Å²) in [5.74, 6) is 0.814. The van der Waals surface area contributed by atoms with Gasteiger partial charge in [0, 0.05) is 0 Å². The van der Waals surface area contributed by atoms with Crippen LogP contribution in [0.4, 0.5) is 5.69 Å².